The summed E-state index contributed by atoms with van der Waals surface area (Å²) in [5, 5.41) is 49.2. The number of rotatable bonds is 7. The maximum atomic E-state index is 12.8. The molecule has 0 spiro atoms. The molecular weight excluding hydrogens is 535 g/mol. The van der Waals surface area contributed by atoms with E-state index in [0.717, 1.165) is 6.42 Å². The smallest absolute Gasteiger partial charge is 0.251 e. The van der Waals surface area contributed by atoms with Gasteiger partial charge in [-0.1, -0.05) is 29.6 Å². The summed E-state index contributed by atoms with van der Waals surface area (Å²) in [6.45, 7) is -0.523. The van der Waals surface area contributed by atoms with Crippen molar-refractivity contribution >= 4 is 35.0 Å². The van der Waals surface area contributed by atoms with Gasteiger partial charge in [0.15, 0.2) is 0 Å². The fourth-order valence-electron chi connectivity index (χ4n) is 5.24. The number of benzene rings is 2. The molecule has 2 amide bonds. The van der Waals surface area contributed by atoms with Crippen LogP contribution >= 0.6 is 23.2 Å². The summed E-state index contributed by atoms with van der Waals surface area (Å²) >= 11 is 11.8. The Morgan fingerprint density at radius 2 is 1.32 bits per heavy atom. The maximum Gasteiger partial charge on any atom is 0.251 e. The van der Waals surface area contributed by atoms with Crippen LogP contribution in [0.4, 0.5) is 0 Å². The Morgan fingerprint density at radius 1 is 0.789 bits per heavy atom. The van der Waals surface area contributed by atoms with Gasteiger partial charge in [-0.05, 0) is 73.7 Å². The van der Waals surface area contributed by atoms with E-state index in [2.05, 4.69) is 10.6 Å². The second-order valence-electron chi connectivity index (χ2n) is 9.89. The van der Waals surface area contributed by atoms with E-state index in [9.17, 15) is 30.0 Å². The number of carbonyl (C=O) groups is 2. The van der Waals surface area contributed by atoms with Crippen LogP contribution in [0.2, 0.25) is 10.0 Å². The van der Waals surface area contributed by atoms with Gasteiger partial charge < -0.3 is 35.8 Å². The molecule has 11 heteroatoms. The Bertz CT molecular complexity index is 1100. The fraction of sp³-hybridized carbons (Fsp3) is 0.481. The van der Waals surface area contributed by atoms with Crippen LogP contribution in [0.3, 0.4) is 0 Å². The quantitative estimate of drug-likeness (QED) is 0.300. The molecule has 2 aromatic rings. The Labute approximate surface area is 230 Å². The second kappa shape index (κ2) is 12.7. The van der Waals surface area contributed by atoms with E-state index >= 15 is 0 Å². The monoisotopic (exact) mass is 566 g/mol. The van der Waals surface area contributed by atoms with Crippen LogP contribution in [-0.4, -0.2) is 81.5 Å². The first-order chi connectivity index (χ1) is 18.2. The lowest BCUT2D eigenvalue weighted by atomic mass is 9.77. The van der Waals surface area contributed by atoms with Crippen molar-refractivity contribution in [3.05, 3.63) is 69.7 Å². The molecule has 9 nitrogen and oxygen atoms in total. The lowest BCUT2D eigenvalue weighted by Gasteiger charge is -2.45. The van der Waals surface area contributed by atoms with E-state index in [1.807, 2.05) is 0 Å². The van der Waals surface area contributed by atoms with Gasteiger partial charge in [0.2, 0.25) is 0 Å². The summed E-state index contributed by atoms with van der Waals surface area (Å²) in [5.74, 6) is -1.18. The summed E-state index contributed by atoms with van der Waals surface area (Å²) in [5.41, 5.74) is 0.716. The van der Waals surface area contributed by atoms with Crippen molar-refractivity contribution in [1.29, 1.82) is 0 Å². The molecule has 2 fully saturated rings. The van der Waals surface area contributed by atoms with Gasteiger partial charge in [0.25, 0.3) is 11.8 Å². The highest BCUT2D eigenvalue weighted by molar-refractivity contribution is 6.31. The molecule has 5 unspecified atom stereocenters. The molecule has 1 saturated heterocycles. The Kier molecular flexibility index (Phi) is 9.64. The molecule has 2 aliphatic rings. The van der Waals surface area contributed by atoms with E-state index in [0.29, 0.717) is 34.0 Å². The largest absolute Gasteiger partial charge is 0.394 e. The Balaban J connectivity index is 1.42. The molecule has 1 saturated carbocycles. The minimum atomic E-state index is -1.36. The van der Waals surface area contributed by atoms with Gasteiger partial charge in [-0.15, -0.1) is 0 Å². The number of aliphatic hydroxyl groups is 4. The highest BCUT2D eigenvalue weighted by atomic mass is 35.5. The lowest BCUT2D eigenvalue weighted by molar-refractivity contribution is -0.200. The van der Waals surface area contributed by atoms with Gasteiger partial charge >= 0.3 is 0 Å². The van der Waals surface area contributed by atoms with Crippen molar-refractivity contribution in [2.24, 2.45) is 5.92 Å². The van der Waals surface area contributed by atoms with Gasteiger partial charge in [0, 0.05) is 21.2 Å². The van der Waals surface area contributed by atoms with Crippen molar-refractivity contribution in [1.82, 2.24) is 10.6 Å². The molecule has 0 bridgehead atoms. The van der Waals surface area contributed by atoms with Crippen molar-refractivity contribution in [3.8, 4) is 0 Å². The number of amides is 2. The molecule has 206 valence electrons. The topological polar surface area (TPSA) is 148 Å². The molecule has 38 heavy (non-hydrogen) atoms. The van der Waals surface area contributed by atoms with E-state index in [-0.39, 0.29) is 18.2 Å². The minimum Gasteiger partial charge on any atom is -0.394 e. The highest BCUT2D eigenvalue weighted by Gasteiger charge is 2.47. The average Bonchev–Trinajstić information content (AvgIpc) is 2.91. The van der Waals surface area contributed by atoms with Gasteiger partial charge in [-0.3, -0.25) is 9.59 Å². The van der Waals surface area contributed by atoms with Crippen LogP contribution < -0.4 is 10.6 Å². The molecule has 0 radical (unpaired) electrons. The molecule has 6 N–H and O–H groups in total. The van der Waals surface area contributed by atoms with E-state index in [1.165, 1.54) is 12.1 Å². The third-order valence-corrected chi connectivity index (χ3v) is 7.88. The molecule has 8 atom stereocenters. The first kappa shape index (κ1) is 28.8. The maximum absolute atomic E-state index is 12.8. The van der Waals surface area contributed by atoms with Crippen molar-refractivity contribution in [2.45, 2.75) is 68.3 Å². The van der Waals surface area contributed by atoms with Crippen LogP contribution in [0.1, 0.15) is 46.4 Å². The van der Waals surface area contributed by atoms with Gasteiger partial charge in [0.05, 0.1) is 30.9 Å². The number of halogens is 2. The Morgan fingerprint density at radius 3 is 1.87 bits per heavy atom. The number of carbonyl (C=O) groups excluding carboxylic acids is 2. The number of ether oxygens (including phenoxy) is 1. The van der Waals surface area contributed by atoms with Crippen molar-refractivity contribution in [3.63, 3.8) is 0 Å². The predicted octanol–water partition coefficient (Wildman–Crippen LogP) is 1.92. The zero-order valence-corrected chi connectivity index (χ0v) is 22.1. The molecule has 0 aromatic heterocycles. The van der Waals surface area contributed by atoms with Gasteiger partial charge in [0.1, 0.15) is 18.3 Å². The molecule has 1 aliphatic carbocycles. The summed E-state index contributed by atoms with van der Waals surface area (Å²) in [6, 6.07) is 11.0. The fourth-order valence-corrected chi connectivity index (χ4v) is 5.49. The van der Waals surface area contributed by atoms with E-state index in [1.54, 1.807) is 36.4 Å². The first-order valence-corrected chi connectivity index (χ1v) is 13.4. The van der Waals surface area contributed by atoms with Crippen LogP contribution in [0.25, 0.3) is 0 Å². The zero-order chi connectivity index (χ0) is 27.4. The third kappa shape index (κ3) is 6.66. The van der Waals surface area contributed by atoms with Gasteiger partial charge in [-0.25, -0.2) is 0 Å². The number of hydrogen-bond donors (Lipinski definition) is 6. The molecule has 1 heterocycles. The number of hydrogen-bond acceptors (Lipinski definition) is 7. The van der Waals surface area contributed by atoms with E-state index < -0.39 is 55.1 Å². The summed E-state index contributed by atoms with van der Waals surface area (Å²) < 4.78 is 5.81. The lowest BCUT2D eigenvalue weighted by Crippen LogP contribution is -2.65. The minimum absolute atomic E-state index is 0.201. The molecule has 2 aromatic carbocycles. The number of nitrogens with one attached hydrogen (secondary N) is 2. The zero-order valence-electron chi connectivity index (χ0n) is 20.5. The molecule has 1 aliphatic heterocycles. The van der Waals surface area contributed by atoms with Crippen LogP contribution in [0.5, 0.6) is 0 Å². The Hall–Kier alpha value is -2.24. The third-order valence-electron chi connectivity index (χ3n) is 7.37. The highest BCUT2D eigenvalue weighted by Crippen LogP contribution is 2.33. The van der Waals surface area contributed by atoms with E-state index in [4.69, 9.17) is 27.9 Å². The van der Waals surface area contributed by atoms with Crippen molar-refractivity contribution < 1.29 is 34.8 Å². The van der Waals surface area contributed by atoms with Crippen LogP contribution in [0.15, 0.2) is 48.5 Å². The predicted molar refractivity (Wildman–Crippen MR) is 141 cm³/mol. The van der Waals surface area contributed by atoms with Crippen LogP contribution in [0, 0.1) is 5.92 Å². The standard InChI is InChI=1S/C27H32Cl2N2O7/c28-17-8-4-14(5-9-17)26(36)30-19-3-1-2-16(23(19)33)12-20-24(34)22(25(35)21(13-32)38-20)31-27(37)15-6-10-18(29)11-7-15/h4-11,16,19-25,32-35H,1-3,12-13H2,(H,30,36)(H,31,37)/t16-,19?,20-,21?,22?,23?,24?,25-/m0/s1. The normalized spacial score (nSPS) is 31.4. The van der Waals surface area contributed by atoms with Crippen LogP contribution in [-0.2, 0) is 4.74 Å². The summed E-state index contributed by atoms with van der Waals surface area (Å²) in [4.78, 5) is 25.5. The van der Waals surface area contributed by atoms with Crippen molar-refractivity contribution in [2.75, 3.05) is 6.61 Å². The first-order valence-electron chi connectivity index (χ1n) is 12.6. The molecular formula is C27H32Cl2N2O7. The second-order valence-corrected chi connectivity index (χ2v) is 10.8. The summed E-state index contributed by atoms with van der Waals surface area (Å²) in [6.07, 6.45) is -3.33. The number of aliphatic hydroxyl groups excluding tert-OH is 4. The summed E-state index contributed by atoms with van der Waals surface area (Å²) in [7, 11) is 0. The van der Waals surface area contributed by atoms with Gasteiger partial charge in [-0.2, -0.15) is 0 Å². The molecule has 4 rings (SSSR count). The SMILES string of the molecule is O=C(NC1CCC[C@@H](C[C@@H]2OC(CO)[C@H](O)C(NC(=O)c3ccc(Cl)cc3)C2O)C1O)c1ccc(Cl)cc1. The average molecular weight is 567 g/mol.